The maximum absolute atomic E-state index is 12.2. The summed E-state index contributed by atoms with van der Waals surface area (Å²) < 4.78 is 6.88. The molecule has 0 aliphatic heterocycles. The molecule has 0 aliphatic carbocycles. The number of benzene rings is 1. The minimum Gasteiger partial charge on any atom is -0.401 e. The highest BCUT2D eigenvalue weighted by Crippen LogP contribution is 2.23. The molecule has 1 aromatic carbocycles. The van der Waals surface area contributed by atoms with E-state index >= 15 is 0 Å². The first-order chi connectivity index (χ1) is 14.6. The number of imidazole rings is 1. The summed E-state index contributed by atoms with van der Waals surface area (Å²) in [4.78, 5) is 27.5. The number of hydrogen-bond acceptors (Lipinski definition) is 7. The van der Waals surface area contributed by atoms with Crippen molar-refractivity contribution in [2.24, 2.45) is 5.10 Å². The van der Waals surface area contributed by atoms with Crippen LogP contribution in [0.5, 0.6) is 0 Å². The molecule has 0 bridgehead atoms. The summed E-state index contributed by atoms with van der Waals surface area (Å²) >= 11 is 1.47. The van der Waals surface area contributed by atoms with E-state index in [1.54, 1.807) is 0 Å². The van der Waals surface area contributed by atoms with Crippen molar-refractivity contribution in [2.45, 2.75) is 6.42 Å². The van der Waals surface area contributed by atoms with Gasteiger partial charge < -0.3 is 4.42 Å². The number of allylic oxidation sites excluding steroid dienone is 1. The number of rotatable bonds is 7. The molecule has 30 heavy (non-hydrogen) atoms. The monoisotopic (exact) mass is 421 g/mol. The molecule has 3 aromatic heterocycles. The minimum absolute atomic E-state index is 0.149. The Hall–Kier alpha value is -4.05. The van der Waals surface area contributed by atoms with Crippen LogP contribution in [0.4, 0.5) is 5.88 Å². The van der Waals surface area contributed by atoms with Gasteiger partial charge in [0.15, 0.2) is 4.96 Å². The number of carbonyl (C=O) groups is 1. The van der Waals surface area contributed by atoms with Crippen LogP contribution in [0.1, 0.15) is 11.5 Å². The van der Waals surface area contributed by atoms with Crippen LogP contribution in [-0.4, -0.2) is 26.4 Å². The molecule has 0 radical (unpaired) electrons. The van der Waals surface area contributed by atoms with E-state index < -0.39 is 4.92 Å². The maximum Gasteiger partial charge on any atom is 0.433 e. The fourth-order valence-electron chi connectivity index (χ4n) is 2.73. The fraction of sp³-hybridized carbons (Fsp3) is 0.0500. The van der Waals surface area contributed by atoms with Gasteiger partial charge in [0.1, 0.15) is 10.7 Å². The number of carbonyl (C=O) groups excluding carboxylic acids is 1. The first-order valence-corrected chi connectivity index (χ1v) is 9.72. The van der Waals surface area contributed by atoms with Crippen LogP contribution < -0.4 is 5.43 Å². The minimum atomic E-state index is -0.615. The molecule has 0 fully saturated rings. The summed E-state index contributed by atoms with van der Waals surface area (Å²) in [6, 6.07) is 12.6. The van der Waals surface area contributed by atoms with Gasteiger partial charge in [0, 0.05) is 29.0 Å². The van der Waals surface area contributed by atoms with E-state index in [1.165, 1.54) is 41.8 Å². The lowest BCUT2D eigenvalue weighted by Crippen LogP contribution is -2.20. The summed E-state index contributed by atoms with van der Waals surface area (Å²) in [5.74, 6) is -0.297. The molecule has 4 rings (SSSR count). The molecule has 0 saturated heterocycles. The van der Waals surface area contributed by atoms with Crippen molar-refractivity contribution >= 4 is 40.4 Å². The van der Waals surface area contributed by atoms with E-state index in [-0.39, 0.29) is 18.2 Å². The number of amides is 1. The first-order valence-electron chi connectivity index (χ1n) is 8.84. The Morgan fingerprint density at radius 2 is 2.13 bits per heavy atom. The van der Waals surface area contributed by atoms with Crippen LogP contribution in [0.3, 0.4) is 0 Å². The second-order valence-electron chi connectivity index (χ2n) is 6.15. The van der Waals surface area contributed by atoms with Crippen molar-refractivity contribution < 1.29 is 14.1 Å². The number of hydrogen-bond donors (Lipinski definition) is 1. The van der Waals surface area contributed by atoms with Crippen LogP contribution >= 0.6 is 11.3 Å². The molecule has 150 valence electrons. The third kappa shape index (κ3) is 4.33. The smallest absolute Gasteiger partial charge is 0.401 e. The maximum atomic E-state index is 12.2. The second-order valence-corrected chi connectivity index (χ2v) is 6.99. The Kier molecular flexibility index (Phi) is 5.48. The lowest BCUT2D eigenvalue weighted by molar-refractivity contribution is -0.402. The number of aromatic nitrogens is 2. The molecule has 9 nitrogen and oxygen atoms in total. The van der Waals surface area contributed by atoms with E-state index in [4.69, 9.17) is 4.42 Å². The van der Waals surface area contributed by atoms with E-state index in [0.29, 0.717) is 5.76 Å². The molecule has 4 aromatic rings. The fourth-order valence-corrected chi connectivity index (χ4v) is 3.60. The van der Waals surface area contributed by atoms with Gasteiger partial charge in [-0.15, -0.1) is 11.3 Å². The Bertz CT molecular complexity index is 1250. The van der Waals surface area contributed by atoms with Crippen molar-refractivity contribution in [2.75, 3.05) is 0 Å². The summed E-state index contributed by atoms with van der Waals surface area (Å²) in [6.07, 6.45) is 6.43. The summed E-state index contributed by atoms with van der Waals surface area (Å²) in [7, 11) is 0. The van der Waals surface area contributed by atoms with E-state index in [2.05, 4.69) is 15.5 Å². The van der Waals surface area contributed by atoms with Crippen LogP contribution in [0, 0.1) is 10.1 Å². The number of fused-ring (bicyclic) bond motifs is 1. The molecule has 0 atom stereocenters. The molecular weight excluding hydrogens is 406 g/mol. The van der Waals surface area contributed by atoms with Gasteiger partial charge in [-0.1, -0.05) is 30.3 Å². The molecule has 0 aliphatic rings. The highest BCUT2D eigenvalue weighted by atomic mass is 32.1. The third-order valence-corrected chi connectivity index (χ3v) is 4.99. The average Bonchev–Trinajstić information content (AvgIpc) is 3.46. The molecule has 3 heterocycles. The summed E-state index contributed by atoms with van der Waals surface area (Å²) in [5.41, 5.74) is 5.13. The molecule has 0 spiro atoms. The first kappa shape index (κ1) is 19.3. The van der Waals surface area contributed by atoms with Gasteiger partial charge in [-0.05, 0) is 18.2 Å². The highest BCUT2D eigenvalue weighted by Gasteiger charge is 2.12. The SMILES string of the molecule is O=C(Cc1csc2nc(-c3ccccc3)cn12)N/N=C/C=C/c1ccc([N+](=O)[O-])o1. The Labute approximate surface area is 174 Å². The number of nitrogens with one attached hydrogen (secondary N) is 1. The molecule has 1 N–H and O–H groups in total. The van der Waals surface area contributed by atoms with Crippen LogP contribution in [0.15, 0.2) is 69.6 Å². The largest absolute Gasteiger partial charge is 0.433 e. The molecule has 10 heteroatoms. The van der Waals surface area contributed by atoms with Crippen molar-refractivity contribution in [1.82, 2.24) is 14.8 Å². The number of nitro groups is 1. The summed E-state index contributed by atoms with van der Waals surface area (Å²) in [6.45, 7) is 0. The normalized spacial score (nSPS) is 11.6. The van der Waals surface area contributed by atoms with E-state index in [1.807, 2.05) is 46.3 Å². The molecule has 0 saturated carbocycles. The van der Waals surface area contributed by atoms with Gasteiger partial charge in [0.05, 0.1) is 18.2 Å². The Morgan fingerprint density at radius 1 is 1.30 bits per heavy atom. The molecular formula is C20H15N5O4S. The highest BCUT2D eigenvalue weighted by molar-refractivity contribution is 7.15. The lowest BCUT2D eigenvalue weighted by atomic mass is 10.2. The second kappa shape index (κ2) is 8.53. The van der Waals surface area contributed by atoms with Gasteiger partial charge >= 0.3 is 5.88 Å². The van der Waals surface area contributed by atoms with Gasteiger partial charge in [0.25, 0.3) is 0 Å². The van der Waals surface area contributed by atoms with Crippen LogP contribution in [-0.2, 0) is 11.2 Å². The molecule has 0 unspecified atom stereocenters. The molecule has 1 amide bonds. The topological polar surface area (TPSA) is 115 Å². The zero-order chi connectivity index (χ0) is 20.9. The van der Waals surface area contributed by atoms with Gasteiger partial charge in [0.2, 0.25) is 5.91 Å². The van der Waals surface area contributed by atoms with E-state index in [9.17, 15) is 14.9 Å². The standard InChI is InChI=1S/C20H15N5O4S/c26-18(23-21-10-4-7-16-8-9-19(29-16)25(27)28)11-15-13-30-20-22-17(12-24(15)20)14-5-2-1-3-6-14/h1-10,12-13H,11H2,(H,23,26)/b7-4+,21-10+. The van der Waals surface area contributed by atoms with Gasteiger partial charge in [-0.25, -0.2) is 10.4 Å². The zero-order valence-corrected chi connectivity index (χ0v) is 16.3. The number of nitrogens with zero attached hydrogens (tertiary/aromatic N) is 4. The zero-order valence-electron chi connectivity index (χ0n) is 15.5. The number of hydrazone groups is 1. The van der Waals surface area contributed by atoms with Crippen molar-refractivity contribution in [3.05, 3.63) is 81.7 Å². The lowest BCUT2D eigenvalue weighted by Gasteiger charge is -1.98. The predicted octanol–water partition coefficient (Wildman–Crippen LogP) is 3.92. The number of furan rings is 1. The van der Waals surface area contributed by atoms with Crippen LogP contribution in [0.2, 0.25) is 0 Å². The van der Waals surface area contributed by atoms with Crippen LogP contribution in [0.25, 0.3) is 22.3 Å². The quantitative estimate of drug-likeness (QED) is 0.276. The third-order valence-electron chi connectivity index (χ3n) is 4.10. The summed E-state index contributed by atoms with van der Waals surface area (Å²) in [5, 5.41) is 16.3. The number of thiazole rings is 1. The van der Waals surface area contributed by atoms with Crippen molar-refractivity contribution in [1.29, 1.82) is 0 Å². The van der Waals surface area contributed by atoms with E-state index in [0.717, 1.165) is 21.9 Å². The Balaban J connectivity index is 1.35. The van der Waals surface area contributed by atoms with Crippen molar-refractivity contribution in [3.8, 4) is 11.3 Å². The van der Waals surface area contributed by atoms with Crippen molar-refractivity contribution in [3.63, 3.8) is 0 Å². The van der Waals surface area contributed by atoms with Gasteiger partial charge in [-0.2, -0.15) is 5.10 Å². The predicted molar refractivity (Wildman–Crippen MR) is 113 cm³/mol. The van der Waals surface area contributed by atoms with Gasteiger partial charge in [-0.3, -0.25) is 19.3 Å². The average molecular weight is 421 g/mol. The Morgan fingerprint density at radius 3 is 2.90 bits per heavy atom.